The van der Waals surface area contributed by atoms with Gasteiger partial charge >= 0.3 is 6.29 Å². The number of rotatable bonds is 10. The lowest BCUT2D eigenvalue weighted by Crippen LogP contribution is -2.46. The number of carbonyl (C=O) groups is 3. The highest BCUT2D eigenvalue weighted by Crippen LogP contribution is 2.41. The minimum absolute atomic E-state index is 0.0695. The minimum atomic E-state index is -3.75. The van der Waals surface area contributed by atoms with Gasteiger partial charge in [0.15, 0.2) is 23.2 Å². The molecule has 0 spiro atoms. The van der Waals surface area contributed by atoms with E-state index in [4.69, 9.17) is 0 Å². The number of aromatic hydroxyl groups is 2. The molecule has 2 aromatic carbocycles. The van der Waals surface area contributed by atoms with Crippen molar-refractivity contribution in [1.82, 2.24) is 15.6 Å². The van der Waals surface area contributed by atoms with Crippen molar-refractivity contribution >= 4 is 23.7 Å². The summed E-state index contributed by atoms with van der Waals surface area (Å²) in [4.78, 5) is 42.2. The zero-order valence-corrected chi connectivity index (χ0v) is 23.2. The number of hydrogen-bond acceptors (Lipinski definition) is 7. The van der Waals surface area contributed by atoms with Crippen LogP contribution in [0.4, 0.5) is 8.78 Å². The molecule has 2 amide bonds. The summed E-state index contributed by atoms with van der Waals surface area (Å²) in [5, 5.41) is 25.8. The summed E-state index contributed by atoms with van der Waals surface area (Å²) in [5.41, 5.74) is 1.19. The fourth-order valence-corrected chi connectivity index (χ4v) is 5.53. The first kappa shape index (κ1) is 29.6. The van der Waals surface area contributed by atoms with Crippen molar-refractivity contribution in [1.29, 1.82) is 0 Å². The second-order valence-corrected chi connectivity index (χ2v) is 10.7. The Morgan fingerprint density at radius 1 is 1.02 bits per heavy atom. The second kappa shape index (κ2) is 12.2. The Kier molecular flexibility index (Phi) is 8.38. The van der Waals surface area contributed by atoms with Crippen LogP contribution in [-0.2, 0) is 9.59 Å². The molecule has 3 aromatic rings. The summed E-state index contributed by atoms with van der Waals surface area (Å²) < 4.78 is 35.5. The van der Waals surface area contributed by atoms with Gasteiger partial charge in [-0.1, -0.05) is 49.2 Å². The number of amides is 2. The van der Waals surface area contributed by atoms with Crippen LogP contribution in [0.3, 0.4) is 0 Å². The molecule has 5 rings (SSSR count). The van der Waals surface area contributed by atoms with Crippen LogP contribution in [0.2, 0.25) is 0 Å². The highest BCUT2D eigenvalue weighted by molar-refractivity contribution is 6.05. The van der Waals surface area contributed by atoms with Gasteiger partial charge in [-0.15, -0.1) is 8.78 Å². The number of hydrogen-bond donors (Lipinski definition) is 5. The van der Waals surface area contributed by atoms with Gasteiger partial charge in [0.25, 0.3) is 0 Å². The van der Waals surface area contributed by atoms with E-state index in [0.717, 1.165) is 12.8 Å². The maximum atomic E-state index is 13.5. The average molecular weight is 596 g/mol. The molecule has 5 N–H and O–H groups in total. The normalized spacial score (nSPS) is 17.1. The Bertz CT molecular complexity index is 1550. The van der Waals surface area contributed by atoms with E-state index in [0.29, 0.717) is 24.0 Å². The highest BCUT2D eigenvalue weighted by Gasteiger charge is 2.43. The number of fused-ring (bicyclic) bond motifs is 1. The Morgan fingerprint density at radius 3 is 2.40 bits per heavy atom. The number of benzene rings is 2. The van der Waals surface area contributed by atoms with Gasteiger partial charge in [-0.3, -0.25) is 19.4 Å². The fraction of sp³-hybridized carbons (Fsp3) is 0.323. The van der Waals surface area contributed by atoms with Crippen LogP contribution >= 0.6 is 0 Å². The molecule has 43 heavy (non-hydrogen) atoms. The largest absolute Gasteiger partial charge is 0.586 e. The molecule has 10 nitrogen and oxygen atoms in total. The molecule has 0 bridgehead atoms. The number of Topliss-reactive ketones (excluding diaryl/α,β-unsaturated/α-hetero) is 1. The number of aromatic nitrogens is 1. The number of carbonyl (C=O) groups excluding carboxylic acids is 3. The minimum Gasteiger partial charge on any atom is -0.494 e. The lowest BCUT2D eigenvalue weighted by Gasteiger charge is -2.25. The van der Waals surface area contributed by atoms with Gasteiger partial charge in [0.1, 0.15) is 0 Å². The lowest BCUT2D eigenvalue weighted by atomic mass is 9.90. The third-order valence-electron chi connectivity index (χ3n) is 7.68. The number of ether oxygens (including phenoxy) is 2. The summed E-state index contributed by atoms with van der Waals surface area (Å²) in [6.45, 7) is 1.50. The van der Waals surface area contributed by atoms with Gasteiger partial charge in [0.2, 0.25) is 17.7 Å². The van der Waals surface area contributed by atoms with E-state index >= 15 is 0 Å². The van der Waals surface area contributed by atoms with Crippen molar-refractivity contribution in [3.8, 4) is 23.3 Å². The molecule has 1 fully saturated rings. The lowest BCUT2D eigenvalue weighted by molar-refractivity contribution is -0.286. The van der Waals surface area contributed by atoms with E-state index in [1.165, 1.54) is 37.3 Å². The Morgan fingerprint density at radius 2 is 1.72 bits per heavy atom. The zero-order valence-electron chi connectivity index (χ0n) is 23.2. The molecule has 1 aromatic heterocycles. The van der Waals surface area contributed by atoms with Crippen molar-refractivity contribution in [2.75, 3.05) is 0 Å². The van der Waals surface area contributed by atoms with Crippen LogP contribution in [0.5, 0.6) is 23.3 Å². The smallest absolute Gasteiger partial charge is 0.494 e. The van der Waals surface area contributed by atoms with Gasteiger partial charge in [-0.2, -0.15) is 0 Å². The summed E-state index contributed by atoms with van der Waals surface area (Å²) >= 11 is 0. The predicted octanol–water partition coefficient (Wildman–Crippen LogP) is 4.87. The Balaban J connectivity index is 1.30. The first-order valence-electron chi connectivity index (χ1n) is 13.9. The number of aromatic amines is 1. The number of halogens is 2. The molecule has 2 heterocycles. The van der Waals surface area contributed by atoms with Crippen LogP contribution < -0.4 is 20.1 Å². The Hall–Kier alpha value is -4.87. The highest BCUT2D eigenvalue weighted by atomic mass is 19.3. The predicted molar refractivity (Wildman–Crippen MR) is 151 cm³/mol. The third-order valence-corrected chi connectivity index (χ3v) is 7.68. The number of H-pyrrole nitrogens is 1. The SMILES string of the molecule is Cc1c(O)[nH]c(O)c1C(=O)[C@@H](NC(=O)C[C@H](NC(=O)C=Cc1ccc2c(c1)OC(F)(F)O2)c1ccccc1)C1CCCC1. The molecule has 2 atom stereocenters. The summed E-state index contributed by atoms with van der Waals surface area (Å²) in [5.74, 6) is -2.75. The standard InChI is InChI=1S/C31H31F2N3O7/c1-17-26(30(41)36-29(17)40)28(39)27(20-9-5-6-10-20)35-25(38)16-21(19-7-3-2-4-8-19)34-24(37)14-12-18-11-13-22-23(15-18)43-31(32,33)42-22/h2-4,7-8,11-15,20-21,27,36,40-41H,5-6,9-10,16H2,1H3,(H,34,37)(H,35,38)/t21-,27-/m0/s1. The van der Waals surface area contributed by atoms with Crippen molar-refractivity contribution < 1.29 is 42.9 Å². The third kappa shape index (κ3) is 6.79. The van der Waals surface area contributed by atoms with Crippen molar-refractivity contribution in [2.24, 2.45) is 5.92 Å². The monoisotopic (exact) mass is 595 g/mol. The first-order valence-corrected chi connectivity index (χ1v) is 13.9. The van der Waals surface area contributed by atoms with Gasteiger partial charge in [-0.25, -0.2) is 0 Å². The maximum Gasteiger partial charge on any atom is 0.586 e. The molecule has 0 saturated heterocycles. The van der Waals surface area contributed by atoms with Crippen LogP contribution in [-0.4, -0.2) is 45.1 Å². The van der Waals surface area contributed by atoms with E-state index in [1.807, 2.05) is 0 Å². The van der Waals surface area contributed by atoms with Gasteiger partial charge in [-0.05, 0) is 55.0 Å². The quantitative estimate of drug-likeness (QED) is 0.166. The van der Waals surface area contributed by atoms with E-state index in [1.54, 1.807) is 30.3 Å². The van der Waals surface area contributed by atoms with E-state index in [2.05, 4.69) is 25.1 Å². The fourth-order valence-electron chi connectivity index (χ4n) is 5.53. The summed E-state index contributed by atoms with van der Waals surface area (Å²) in [6, 6.07) is 11.2. The van der Waals surface area contributed by atoms with Gasteiger partial charge in [0, 0.05) is 11.6 Å². The summed E-state index contributed by atoms with van der Waals surface area (Å²) in [7, 11) is 0. The molecular formula is C31H31F2N3O7. The molecular weight excluding hydrogens is 564 g/mol. The van der Waals surface area contributed by atoms with Crippen molar-refractivity contribution in [3.05, 3.63) is 76.9 Å². The maximum absolute atomic E-state index is 13.5. The van der Waals surface area contributed by atoms with Crippen LogP contribution in [0.25, 0.3) is 6.08 Å². The molecule has 0 unspecified atom stereocenters. The van der Waals surface area contributed by atoms with Crippen molar-refractivity contribution in [2.45, 2.75) is 57.4 Å². The number of nitrogens with one attached hydrogen (secondary N) is 3. The zero-order chi connectivity index (χ0) is 30.7. The van der Waals surface area contributed by atoms with Crippen molar-refractivity contribution in [3.63, 3.8) is 0 Å². The van der Waals surface area contributed by atoms with E-state index in [9.17, 15) is 33.4 Å². The molecule has 1 aliphatic heterocycles. The first-order chi connectivity index (χ1) is 20.5. The van der Waals surface area contributed by atoms with Gasteiger partial charge < -0.3 is 30.3 Å². The second-order valence-electron chi connectivity index (χ2n) is 10.7. The van der Waals surface area contributed by atoms with Crippen LogP contribution in [0.1, 0.15) is 65.2 Å². The summed E-state index contributed by atoms with van der Waals surface area (Å²) in [6.07, 6.45) is 1.90. The van der Waals surface area contributed by atoms with E-state index in [-0.39, 0.29) is 40.8 Å². The van der Waals surface area contributed by atoms with E-state index < -0.39 is 41.9 Å². The molecule has 12 heteroatoms. The molecule has 1 aliphatic carbocycles. The van der Waals surface area contributed by atoms with Crippen LogP contribution in [0, 0.1) is 12.8 Å². The average Bonchev–Trinajstić information content (AvgIpc) is 3.67. The number of ketones is 1. The number of alkyl halides is 2. The Labute approximate surface area is 245 Å². The molecule has 226 valence electrons. The topological polar surface area (TPSA) is 150 Å². The molecule has 2 aliphatic rings. The molecule has 1 saturated carbocycles. The van der Waals surface area contributed by atoms with Gasteiger partial charge in [0.05, 0.1) is 24.1 Å². The van der Waals surface area contributed by atoms with Crippen LogP contribution in [0.15, 0.2) is 54.6 Å². The molecule has 0 radical (unpaired) electrons.